The van der Waals surface area contributed by atoms with Crippen LogP contribution in [0.2, 0.25) is 0 Å². The average molecular weight is 395 g/mol. The van der Waals surface area contributed by atoms with Crippen LogP contribution in [0.1, 0.15) is 17.2 Å². The molecule has 29 heavy (non-hydrogen) atoms. The summed E-state index contributed by atoms with van der Waals surface area (Å²) >= 11 is 0. The zero-order valence-electron chi connectivity index (χ0n) is 16.5. The van der Waals surface area contributed by atoms with Gasteiger partial charge < -0.3 is 24.3 Å². The summed E-state index contributed by atoms with van der Waals surface area (Å²) in [6.45, 7) is 0. The molecular formula is C20H21N5O4. The second-order valence-corrected chi connectivity index (χ2v) is 6.29. The first kappa shape index (κ1) is 18.6. The Morgan fingerprint density at radius 1 is 0.931 bits per heavy atom. The molecule has 3 aromatic rings. The van der Waals surface area contributed by atoms with Gasteiger partial charge in [0.25, 0.3) is 0 Å². The van der Waals surface area contributed by atoms with E-state index in [9.17, 15) is 0 Å². The smallest absolute Gasteiger partial charge is 0.248 e. The highest BCUT2D eigenvalue weighted by molar-refractivity contribution is 5.77. The van der Waals surface area contributed by atoms with Gasteiger partial charge in [-0.25, -0.2) is 0 Å². The summed E-state index contributed by atoms with van der Waals surface area (Å²) in [4.78, 5) is 0. The third-order valence-electron chi connectivity index (χ3n) is 4.74. The topological polar surface area (TPSA) is 92.5 Å². The molecular weight excluding hydrogens is 374 g/mol. The lowest BCUT2D eigenvalue weighted by molar-refractivity contribution is 0.323. The summed E-state index contributed by atoms with van der Waals surface area (Å²) in [5.74, 6) is 2.95. The molecule has 0 bridgehead atoms. The van der Waals surface area contributed by atoms with Crippen LogP contribution in [-0.4, -0.2) is 48.6 Å². The highest BCUT2D eigenvalue weighted by Crippen LogP contribution is 2.42. The largest absolute Gasteiger partial charge is 0.497 e. The Bertz CT molecular complexity index is 1040. The fourth-order valence-corrected chi connectivity index (χ4v) is 3.32. The van der Waals surface area contributed by atoms with E-state index in [1.807, 2.05) is 42.5 Å². The van der Waals surface area contributed by atoms with Crippen LogP contribution in [0.3, 0.4) is 0 Å². The van der Waals surface area contributed by atoms with Gasteiger partial charge in [-0.1, -0.05) is 17.2 Å². The SMILES string of the molecule is COc1cccc(C2=C[C@H](c3cc(OC)c(OC)c(OC)c3)n3nnnc3N2)c1. The lowest BCUT2D eigenvalue weighted by atomic mass is 10.0. The second-order valence-electron chi connectivity index (χ2n) is 6.29. The van der Waals surface area contributed by atoms with E-state index in [2.05, 4.69) is 20.8 Å². The van der Waals surface area contributed by atoms with E-state index in [0.29, 0.717) is 23.2 Å². The summed E-state index contributed by atoms with van der Waals surface area (Å²) in [6, 6.07) is 11.3. The lowest BCUT2D eigenvalue weighted by Gasteiger charge is -2.25. The van der Waals surface area contributed by atoms with Gasteiger partial charge >= 0.3 is 0 Å². The Morgan fingerprint density at radius 3 is 2.34 bits per heavy atom. The number of anilines is 1. The number of hydrogen-bond acceptors (Lipinski definition) is 8. The summed E-state index contributed by atoms with van der Waals surface area (Å²) in [6.07, 6.45) is 2.04. The molecule has 4 rings (SSSR count). The van der Waals surface area contributed by atoms with Crippen molar-refractivity contribution in [3.05, 3.63) is 53.6 Å². The van der Waals surface area contributed by atoms with Crippen molar-refractivity contribution in [3.63, 3.8) is 0 Å². The zero-order valence-corrected chi connectivity index (χ0v) is 16.5. The Labute approximate surface area is 167 Å². The van der Waals surface area contributed by atoms with Crippen LogP contribution in [0.25, 0.3) is 5.70 Å². The molecule has 9 heteroatoms. The van der Waals surface area contributed by atoms with Gasteiger partial charge in [0.2, 0.25) is 11.7 Å². The van der Waals surface area contributed by atoms with E-state index < -0.39 is 0 Å². The number of methoxy groups -OCH3 is 4. The third-order valence-corrected chi connectivity index (χ3v) is 4.74. The molecule has 150 valence electrons. The standard InChI is InChI=1S/C20H21N5O4/c1-26-14-7-5-6-12(8-14)15-11-16(25-20(21-15)22-23-24-25)13-9-17(27-2)19(29-4)18(10-13)28-3/h5-11,16H,1-4H3,(H,21,22,24)/t16-/m1/s1. The Balaban J connectivity index is 1.84. The number of aromatic nitrogens is 4. The minimum absolute atomic E-state index is 0.281. The number of rotatable bonds is 6. The molecule has 0 fully saturated rings. The van der Waals surface area contributed by atoms with Gasteiger partial charge in [-0.05, 0) is 46.3 Å². The molecule has 0 radical (unpaired) electrons. The maximum absolute atomic E-state index is 5.50. The number of allylic oxidation sites excluding steroid dienone is 1. The Morgan fingerprint density at radius 2 is 1.69 bits per heavy atom. The fraction of sp³-hybridized carbons (Fsp3) is 0.250. The van der Waals surface area contributed by atoms with Crippen molar-refractivity contribution in [2.75, 3.05) is 33.8 Å². The molecule has 0 unspecified atom stereocenters. The highest BCUT2D eigenvalue weighted by atomic mass is 16.5. The van der Waals surface area contributed by atoms with Crippen LogP contribution in [-0.2, 0) is 0 Å². The molecule has 1 N–H and O–H groups in total. The minimum atomic E-state index is -0.281. The fourth-order valence-electron chi connectivity index (χ4n) is 3.32. The molecule has 1 aromatic heterocycles. The predicted octanol–water partition coefficient (Wildman–Crippen LogP) is 2.76. The molecule has 0 spiro atoms. The predicted molar refractivity (Wildman–Crippen MR) is 107 cm³/mol. The van der Waals surface area contributed by atoms with Crippen LogP contribution in [0, 0.1) is 0 Å². The monoisotopic (exact) mass is 395 g/mol. The second kappa shape index (κ2) is 7.70. The first-order valence-electron chi connectivity index (χ1n) is 8.89. The van der Waals surface area contributed by atoms with E-state index >= 15 is 0 Å². The average Bonchev–Trinajstić information content (AvgIpc) is 3.26. The molecule has 1 atom stereocenters. The van der Waals surface area contributed by atoms with Gasteiger partial charge in [-0.3, -0.25) is 0 Å². The third kappa shape index (κ3) is 3.31. The van der Waals surface area contributed by atoms with Crippen LogP contribution in [0.15, 0.2) is 42.5 Å². The van der Waals surface area contributed by atoms with Gasteiger partial charge in [-0.15, -0.1) is 0 Å². The number of nitrogens with zero attached hydrogens (tertiary/aromatic N) is 4. The quantitative estimate of drug-likeness (QED) is 0.681. The van der Waals surface area contributed by atoms with Crippen LogP contribution < -0.4 is 24.3 Å². The number of ether oxygens (including phenoxy) is 4. The molecule has 0 amide bonds. The van der Waals surface area contributed by atoms with Gasteiger partial charge in [0.1, 0.15) is 11.8 Å². The molecule has 2 heterocycles. The Hall–Kier alpha value is -3.75. The van der Waals surface area contributed by atoms with Crippen molar-refractivity contribution in [2.45, 2.75) is 6.04 Å². The zero-order chi connectivity index (χ0) is 20.4. The van der Waals surface area contributed by atoms with Crippen LogP contribution >= 0.6 is 0 Å². The molecule has 0 saturated carbocycles. The van der Waals surface area contributed by atoms with Gasteiger partial charge in [0.05, 0.1) is 28.4 Å². The first-order valence-corrected chi connectivity index (χ1v) is 8.89. The lowest BCUT2D eigenvalue weighted by Crippen LogP contribution is -2.20. The van der Waals surface area contributed by atoms with Crippen molar-refractivity contribution in [2.24, 2.45) is 0 Å². The molecule has 9 nitrogen and oxygen atoms in total. The number of nitrogens with one attached hydrogen (secondary N) is 1. The number of fused-ring (bicyclic) bond motifs is 1. The molecule has 2 aromatic carbocycles. The van der Waals surface area contributed by atoms with Gasteiger partial charge in [-0.2, -0.15) is 4.68 Å². The van der Waals surface area contributed by atoms with Crippen LogP contribution in [0.4, 0.5) is 5.95 Å². The van der Waals surface area contributed by atoms with Gasteiger partial charge in [0, 0.05) is 11.3 Å². The molecule has 1 aliphatic heterocycles. The summed E-state index contributed by atoms with van der Waals surface area (Å²) < 4.78 is 23.5. The molecule has 0 saturated heterocycles. The Kier molecular flexibility index (Phi) is 4.94. The van der Waals surface area contributed by atoms with E-state index in [4.69, 9.17) is 18.9 Å². The van der Waals surface area contributed by atoms with Crippen LogP contribution in [0.5, 0.6) is 23.0 Å². The van der Waals surface area contributed by atoms with Crippen molar-refractivity contribution < 1.29 is 18.9 Å². The van der Waals surface area contributed by atoms with Crippen molar-refractivity contribution >= 4 is 11.6 Å². The normalized spacial score (nSPS) is 15.0. The number of hydrogen-bond donors (Lipinski definition) is 1. The van der Waals surface area contributed by atoms with Crippen molar-refractivity contribution in [3.8, 4) is 23.0 Å². The first-order chi connectivity index (χ1) is 14.2. The van der Waals surface area contributed by atoms with E-state index in [1.165, 1.54) is 0 Å². The minimum Gasteiger partial charge on any atom is -0.497 e. The highest BCUT2D eigenvalue weighted by Gasteiger charge is 2.27. The summed E-state index contributed by atoms with van der Waals surface area (Å²) in [7, 11) is 6.39. The van der Waals surface area contributed by atoms with Gasteiger partial charge in [0.15, 0.2) is 11.5 Å². The molecule has 0 aliphatic carbocycles. The van der Waals surface area contributed by atoms with E-state index in [0.717, 1.165) is 22.6 Å². The van der Waals surface area contributed by atoms with Crippen molar-refractivity contribution in [1.29, 1.82) is 0 Å². The maximum Gasteiger partial charge on any atom is 0.248 e. The van der Waals surface area contributed by atoms with Crippen molar-refractivity contribution in [1.82, 2.24) is 20.2 Å². The summed E-state index contributed by atoms with van der Waals surface area (Å²) in [5.41, 5.74) is 2.70. The molecule has 1 aliphatic rings. The number of tetrazole rings is 1. The van der Waals surface area contributed by atoms with E-state index in [-0.39, 0.29) is 6.04 Å². The number of benzene rings is 2. The summed E-state index contributed by atoms with van der Waals surface area (Å²) in [5, 5.41) is 15.3. The maximum atomic E-state index is 5.50. The van der Waals surface area contributed by atoms with E-state index in [1.54, 1.807) is 33.1 Å².